The molecule has 4 aromatic rings. The van der Waals surface area contributed by atoms with Crippen LogP contribution >= 0.6 is 39.0 Å². The molecule has 2 heterocycles. The average molecular weight is 524 g/mol. The third-order valence-electron chi connectivity index (χ3n) is 4.93. The van der Waals surface area contributed by atoms with Crippen molar-refractivity contribution in [2.24, 2.45) is 10.7 Å². The van der Waals surface area contributed by atoms with Gasteiger partial charge in [-0.15, -0.1) is 11.3 Å². The number of thioether (sulfide) groups is 1. The number of aromatic nitrogens is 1. The maximum atomic E-state index is 13.4. The molecule has 158 valence electrons. The molecule has 0 bridgehead atoms. The monoisotopic (exact) mass is 523 g/mol. The molecule has 0 unspecified atom stereocenters. The molecule has 1 aliphatic heterocycles. The first kappa shape index (κ1) is 21.1. The normalized spacial score (nSPS) is 17.4. The van der Waals surface area contributed by atoms with Crippen LogP contribution in [0.25, 0.3) is 15.8 Å². The van der Waals surface area contributed by atoms with Crippen molar-refractivity contribution >= 4 is 71.3 Å². The largest absolute Gasteiger partial charge is 0.400 e. The minimum Gasteiger partial charge on any atom is -0.400 e. The highest BCUT2D eigenvalue weighted by Crippen LogP contribution is 2.43. The third-order valence-corrected chi connectivity index (χ3v) is 7.70. The van der Waals surface area contributed by atoms with E-state index in [1.807, 2.05) is 36.4 Å². The molecule has 2 N–H and O–H groups in total. The maximum Gasteiger partial charge on any atom is 0.182 e. The number of carbonyl (C=O) groups excluding carboxylic acids is 1. The highest BCUT2D eigenvalue weighted by Gasteiger charge is 2.37. The molecular formula is C24H15BrFN3OS2. The smallest absolute Gasteiger partial charge is 0.182 e. The van der Waals surface area contributed by atoms with Crippen LogP contribution in [0.2, 0.25) is 0 Å². The van der Waals surface area contributed by atoms with Gasteiger partial charge in [-0.3, -0.25) is 4.79 Å². The Balaban J connectivity index is 1.62. The summed E-state index contributed by atoms with van der Waals surface area (Å²) in [7, 11) is 0. The Hall–Kier alpha value is -2.81. The van der Waals surface area contributed by atoms with Crippen LogP contribution in [0.3, 0.4) is 0 Å². The summed E-state index contributed by atoms with van der Waals surface area (Å²) in [6.45, 7) is 0. The van der Waals surface area contributed by atoms with Gasteiger partial charge < -0.3 is 5.73 Å². The fourth-order valence-corrected chi connectivity index (χ4v) is 6.08. The molecule has 1 aliphatic rings. The Morgan fingerprint density at radius 3 is 2.59 bits per heavy atom. The highest BCUT2D eigenvalue weighted by molar-refractivity contribution is 9.10. The van der Waals surface area contributed by atoms with Gasteiger partial charge in [-0.05, 0) is 48.5 Å². The Morgan fingerprint density at radius 2 is 1.84 bits per heavy atom. The quantitative estimate of drug-likeness (QED) is 0.306. The van der Waals surface area contributed by atoms with E-state index in [1.54, 1.807) is 24.3 Å². The van der Waals surface area contributed by atoms with Gasteiger partial charge in [0.15, 0.2) is 5.78 Å². The van der Waals surface area contributed by atoms with Gasteiger partial charge in [0.25, 0.3) is 0 Å². The molecule has 0 saturated carbocycles. The first-order valence-electron chi connectivity index (χ1n) is 9.66. The van der Waals surface area contributed by atoms with Gasteiger partial charge in [-0.1, -0.05) is 52.0 Å². The van der Waals surface area contributed by atoms with Crippen molar-refractivity contribution in [2.45, 2.75) is 5.25 Å². The maximum absolute atomic E-state index is 13.4. The molecule has 0 saturated heterocycles. The standard InChI is InChI=1S/C24H15BrFN3OS2/c25-14-5-3-4-13(12-14)21(30)22-20(27)19(24-29-17-6-1-2-7-18(17)31-24)23(32-22)28-16-10-8-15(26)9-11-16/h1-12,22H,27H2/t22-/m0/s1. The lowest BCUT2D eigenvalue weighted by Gasteiger charge is -2.09. The number of thiazole rings is 1. The number of ketones is 1. The van der Waals surface area contributed by atoms with Crippen LogP contribution in [0.15, 0.2) is 88.0 Å². The zero-order chi connectivity index (χ0) is 22.2. The van der Waals surface area contributed by atoms with Crippen molar-refractivity contribution in [3.05, 3.63) is 99.4 Å². The lowest BCUT2D eigenvalue weighted by molar-refractivity contribution is 0.0998. The number of para-hydroxylation sites is 1. The van der Waals surface area contributed by atoms with Gasteiger partial charge in [0.05, 0.1) is 21.5 Å². The number of benzene rings is 3. The van der Waals surface area contributed by atoms with E-state index < -0.39 is 5.25 Å². The van der Waals surface area contributed by atoms with Crippen LogP contribution in [0.1, 0.15) is 15.4 Å². The van der Waals surface area contributed by atoms with Crippen LogP contribution in [-0.4, -0.2) is 21.1 Å². The molecule has 0 aliphatic carbocycles. The predicted octanol–water partition coefficient (Wildman–Crippen LogP) is 6.60. The van der Waals surface area contributed by atoms with Gasteiger partial charge in [0.2, 0.25) is 0 Å². The first-order valence-corrected chi connectivity index (χ1v) is 12.1. The number of rotatable bonds is 4. The van der Waals surface area contributed by atoms with Gasteiger partial charge in [-0.25, -0.2) is 14.4 Å². The minimum atomic E-state index is -0.620. The Labute approximate surface area is 200 Å². The summed E-state index contributed by atoms with van der Waals surface area (Å²) in [5, 5.41) is 0.689. The number of carbonyl (C=O) groups is 1. The SMILES string of the molecule is NC1=C(c2nc3ccccc3s2)C(=Nc2ccc(F)cc2)S[C@@H]1C(=O)c1cccc(Br)c1. The van der Waals surface area contributed by atoms with E-state index in [0.29, 0.717) is 32.6 Å². The minimum absolute atomic E-state index is 0.100. The van der Waals surface area contributed by atoms with Crippen LogP contribution in [0, 0.1) is 5.82 Å². The lowest BCUT2D eigenvalue weighted by atomic mass is 10.0. The molecule has 0 radical (unpaired) electrons. The summed E-state index contributed by atoms with van der Waals surface area (Å²) >= 11 is 6.22. The predicted molar refractivity (Wildman–Crippen MR) is 134 cm³/mol. The van der Waals surface area contributed by atoms with Crippen LogP contribution in [0.5, 0.6) is 0 Å². The summed E-state index contributed by atoms with van der Waals surface area (Å²) < 4.78 is 15.2. The van der Waals surface area contributed by atoms with Gasteiger partial charge in [-0.2, -0.15) is 0 Å². The molecule has 0 amide bonds. The topological polar surface area (TPSA) is 68.3 Å². The van der Waals surface area contributed by atoms with Crippen LogP contribution in [0.4, 0.5) is 10.1 Å². The van der Waals surface area contributed by atoms with E-state index >= 15 is 0 Å². The average Bonchev–Trinajstić information content (AvgIpc) is 3.35. The van der Waals surface area contributed by atoms with E-state index in [-0.39, 0.29) is 11.6 Å². The van der Waals surface area contributed by atoms with Gasteiger partial charge in [0, 0.05) is 15.7 Å². The van der Waals surface area contributed by atoms with E-state index in [1.165, 1.54) is 35.2 Å². The third kappa shape index (κ3) is 4.01. The molecule has 8 heteroatoms. The fraction of sp³-hybridized carbons (Fsp3) is 0.0417. The first-order chi connectivity index (χ1) is 15.5. The van der Waals surface area contributed by atoms with Gasteiger partial charge >= 0.3 is 0 Å². The number of nitrogens with two attached hydrogens (primary N) is 1. The molecule has 32 heavy (non-hydrogen) atoms. The van der Waals surface area contributed by atoms with Gasteiger partial charge in [0.1, 0.15) is 21.1 Å². The second-order valence-electron chi connectivity index (χ2n) is 7.08. The molecule has 0 fully saturated rings. The highest BCUT2D eigenvalue weighted by atomic mass is 79.9. The molecule has 0 spiro atoms. The molecular weight excluding hydrogens is 509 g/mol. The summed E-state index contributed by atoms with van der Waals surface area (Å²) in [4.78, 5) is 22.8. The number of nitrogens with zero attached hydrogens (tertiary/aromatic N) is 2. The van der Waals surface area contributed by atoms with E-state index in [9.17, 15) is 9.18 Å². The second-order valence-corrected chi connectivity index (χ2v) is 10.1. The summed E-state index contributed by atoms with van der Waals surface area (Å²) in [6.07, 6.45) is 0. The molecule has 4 nitrogen and oxygen atoms in total. The van der Waals surface area contributed by atoms with Crippen LogP contribution < -0.4 is 5.73 Å². The number of Topliss-reactive ketones (excluding diaryl/α,β-unsaturated/α-hetero) is 1. The molecule has 1 atom stereocenters. The fourth-order valence-electron chi connectivity index (χ4n) is 3.39. The number of halogens is 2. The summed E-state index contributed by atoms with van der Waals surface area (Å²) in [5.41, 5.74) is 9.67. The molecule has 1 aromatic heterocycles. The van der Waals surface area contributed by atoms with E-state index in [2.05, 4.69) is 15.9 Å². The van der Waals surface area contributed by atoms with Crippen molar-refractivity contribution in [3.63, 3.8) is 0 Å². The number of fused-ring (bicyclic) bond motifs is 1. The zero-order valence-corrected chi connectivity index (χ0v) is 19.7. The Bertz CT molecular complexity index is 1380. The second kappa shape index (κ2) is 8.61. The van der Waals surface area contributed by atoms with E-state index in [0.717, 1.165) is 14.7 Å². The number of hydrogen-bond donors (Lipinski definition) is 1. The summed E-state index contributed by atoms with van der Waals surface area (Å²) in [5.74, 6) is -0.436. The summed E-state index contributed by atoms with van der Waals surface area (Å²) in [6, 6.07) is 21.0. The zero-order valence-electron chi connectivity index (χ0n) is 16.5. The molecule has 5 rings (SSSR count). The van der Waals surface area contributed by atoms with Crippen molar-refractivity contribution in [1.82, 2.24) is 4.98 Å². The van der Waals surface area contributed by atoms with Crippen molar-refractivity contribution < 1.29 is 9.18 Å². The van der Waals surface area contributed by atoms with Crippen molar-refractivity contribution in [1.29, 1.82) is 0 Å². The molecule has 3 aromatic carbocycles. The Morgan fingerprint density at radius 1 is 1.06 bits per heavy atom. The van der Waals surface area contributed by atoms with Crippen molar-refractivity contribution in [3.8, 4) is 0 Å². The number of hydrogen-bond acceptors (Lipinski definition) is 6. The lowest BCUT2D eigenvalue weighted by Crippen LogP contribution is -2.22. The Kier molecular flexibility index (Phi) is 5.67. The van der Waals surface area contributed by atoms with Crippen molar-refractivity contribution in [2.75, 3.05) is 0 Å². The van der Waals surface area contributed by atoms with Crippen LogP contribution in [-0.2, 0) is 0 Å². The number of aliphatic imine (C=N–C) groups is 1. The van der Waals surface area contributed by atoms with E-state index in [4.69, 9.17) is 15.7 Å².